The Hall–Kier alpha value is -14.5. The fourth-order valence-electron chi connectivity index (χ4n) is 20.3. The second kappa shape index (κ2) is 26.9. The van der Waals surface area contributed by atoms with Crippen LogP contribution in [0, 0.1) is 0 Å². The number of hydrogen-bond acceptors (Lipinski definition) is 6. The topological polar surface area (TPSA) is 77.3 Å². The lowest BCUT2D eigenvalue weighted by Gasteiger charge is -2.48. The van der Waals surface area contributed by atoms with Gasteiger partial charge in [0.15, 0.2) is 34.9 Å². The molecule has 0 aliphatic heterocycles. The van der Waals surface area contributed by atoms with Crippen LogP contribution in [0.25, 0.3) is 135 Å². The maximum absolute atomic E-state index is 5.46. The fourth-order valence-corrected chi connectivity index (χ4v) is 20.3. The number of nitrogens with zero attached hydrogens (tertiary/aromatic N) is 6. The molecule has 116 heavy (non-hydrogen) atoms. The summed E-state index contributed by atoms with van der Waals surface area (Å²) in [6, 6.07) is 144. The van der Waals surface area contributed by atoms with Crippen molar-refractivity contribution in [2.75, 3.05) is 0 Å². The molecule has 6 nitrogen and oxygen atoms in total. The van der Waals surface area contributed by atoms with Crippen LogP contribution in [0.4, 0.5) is 0 Å². The number of rotatable bonds is 12. The van der Waals surface area contributed by atoms with E-state index in [-0.39, 0.29) is 5.41 Å². The second-order valence-corrected chi connectivity index (χ2v) is 32.1. The van der Waals surface area contributed by atoms with Crippen molar-refractivity contribution in [2.45, 2.75) is 48.9 Å². The van der Waals surface area contributed by atoms with E-state index >= 15 is 0 Å². The number of benzene rings is 16. The smallest absolute Gasteiger partial charge is 0.164 e. The first-order chi connectivity index (χ1) is 57.1. The van der Waals surface area contributed by atoms with E-state index in [2.05, 4.69) is 373 Å². The predicted octanol–water partition coefficient (Wildman–Crippen LogP) is 26.0. The van der Waals surface area contributed by atoms with E-state index in [0.717, 1.165) is 66.8 Å². The quantitative estimate of drug-likeness (QED) is 0.121. The zero-order valence-corrected chi connectivity index (χ0v) is 64.4. The zero-order valence-electron chi connectivity index (χ0n) is 64.4. The van der Waals surface area contributed by atoms with Crippen molar-refractivity contribution in [1.29, 1.82) is 0 Å². The number of aromatic nitrogens is 6. The molecule has 2 spiro atoms. The Bertz CT molecular complexity index is 6840. The lowest BCUT2D eigenvalue weighted by molar-refractivity contribution is 0.514. The van der Waals surface area contributed by atoms with Crippen LogP contribution < -0.4 is 0 Å². The van der Waals surface area contributed by atoms with Gasteiger partial charge in [-0.2, -0.15) is 0 Å². The molecule has 22 rings (SSSR count). The molecule has 0 radical (unpaired) electrons. The van der Waals surface area contributed by atoms with E-state index < -0.39 is 16.2 Å². The van der Waals surface area contributed by atoms with Gasteiger partial charge in [-0.3, -0.25) is 0 Å². The highest BCUT2D eigenvalue weighted by molar-refractivity contribution is 6.00. The van der Waals surface area contributed by atoms with Crippen LogP contribution in [0.15, 0.2) is 394 Å². The van der Waals surface area contributed by atoms with Crippen LogP contribution in [-0.4, -0.2) is 29.9 Å². The monoisotopic (exact) mass is 1480 g/mol. The first-order valence-corrected chi connectivity index (χ1v) is 40.2. The third-order valence-electron chi connectivity index (χ3n) is 25.4. The molecule has 4 aliphatic rings. The van der Waals surface area contributed by atoms with Crippen molar-refractivity contribution in [3.8, 4) is 135 Å². The van der Waals surface area contributed by atoms with Gasteiger partial charge in [0.2, 0.25) is 0 Å². The molecule has 16 aromatic carbocycles. The minimum atomic E-state index is -0.653. The summed E-state index contributed by atoms with van der Waals surface area (Å²) in [7, 11) is 0. The van der Waals surface area contributed by atoms with Gasteiger partial charge in [-0.15, -0.1) is 0 Å². The highest BCUT2D eigenvalue weighted by Gasteiger charge is 2.56. The van der Waals surface area contributed by atoms with Crippen molar-refractivity contribution in [2.24, 2.45) is 0 Å². The molecule has 0 N–H and O–H groups in total. The fraction of sp³-hybridized carbons (Fsp3) is 0.0727. The summed E-state index contributed by atoms with van der Waals surface area (Å²) in [6.07, 6.45) is 0.711. The second-order valence-electron chi connectivity index (χ2n) is 32.1. The lowest BCUT2D eigenvalue weighted by atomic mass is 9.54. The Labute approximate surface area is 676 Å². The number of fused-ring (bicyclic) bond motifs is 18. The van der Waals surface area contributed by atoms with E-state index in [0.29, 0.717) is 41.4 Å². The molecule has 546 valence electrons. The van der Waals surface area contributed by atoms with Gasteiger partial charge in [0.25, 0.3) is 0 Å². The summed E-state index contributed by atoms with van der Waals surface area (Å²) in [4.78, 5) is 31.5. The summed E-state index contributed by atoms with van der Waals surface area (Å²) in [5, 5.41) is 0. The summed E-state index contributed by atoms with van der Waals surface area (Å²) in [5.41, 5.74) is 34.8. The van der Waals surface area contributed by atoms with Crippen LogP contribution in [0.5, 0.6) is 0 Å². The predicted molar refractivity (Wildman–Crippen MR) is 471 cm³/mol. The Kier molecular flexibility index (Phi) is 15.8. The average molecular weight is 1480 g/mol. The summed E-state index contributed by atoms with van der Waals surface area (Å²) < 4.78 is 0. The Balaban J connectivity index is 0.611. The Morgan fingerprint density at radius 2 is 0.483 bits per heavy atom. The van der Waals surface area contributed by atoms with Crippen LogP contribution in [0.1, 0.15) is 93.1 Å². The van der Waals surface area contributed by atoms with Gasteiger partial charge in [0.05, 0.1) is 10.8 Å². The van der Waals surface area contributed by atoms with Gasteiger partial charge in [-0.25, -0.2) is 29.9 Å². The van der Waals surface area contributed by atoms with Crippen molar-refractivity contribution in [3.05, 3.63) is 467 Å². The van der Waals surface area contributed by atoms with Gasteiger partial charge < -0.3 is 0 Å². The Morgan fingerprint density at radius 1 is 0.181 bits per heavy atom. The maximum atomic E-state index is 5.46. The summed E-state index contributed by atoms with van der Waals surface area (Å²) in [5.74, 6) is 3.71. The molecule has 0 amide bonds. The SMILES string of the molecule is CC1(C)c2ccccc2C2(c3ccccc3-c3ccc(-c4cccc(-c5cccc(-c6nc(-c7ccccc7)nc(-c7cccc(CC8(C)c9ccccc9C9(c%10ccccc%10-c%10c(-c%11ccccc%11-c%11cccc(-c%12nc(-c%13ccccc%13)nc(-c%13ccccc%13)n%12)c%11)cccc%109)c9ccccc98)c7)n6)c5)c4)cc32)c2ccccc21. The third-order valence-corrected chi connectivity index (χ3v) is 25.4. The molecule has 2 aromatic heterocycles. The average Bonchev–Trinajstić information content (AvgIpc) is 1.48. The van der Waals surface area contributed by atoms with E-state index in [9.17, 15) is 0 Å². The van der Waals surface area contributed by atoms with Crippen LogP contribution in [0.2, 0.25) is 0 Å². The van der Waals surface area contributed by atoms with Crippen LogP contribution in [-0.2, 0) is 28.1 Å². The van der Waals surface area contributed by atoms with E-state index in [4.69, 9.17) is 29.9 Å². The molecule has 0 fully saturated rings. The van der Waals surface area contributed by atoms with Crippen molar-refractivity contribution < 1.29 is 0 Å². The molecular weight excluding hydrogens is 1410 g/mol. The normalized spacial score (nSPS) is 15.0. The molecule has 0 unspecified atom stereocenters. The van der Waals surface area contributed by atoms with Gasteiger partial charge in [0.1, 0.15) is 0 Å². The van der Waals surface area contributed by atoms with Crippen molar-refractivity contribution in [3.63, 3.8) is 0 Å². The molecule has 6 heteroatoms. The molecule has 0 bridgehead atoms. The van der Waals surface area contributed by atoms with Crippen molar-refractivity contribution >= 4 is 0 Å². The van der Waals surface area contributed by atoms with E-state index in [1.54, 1.807) is 0 Å². The van der Waals surface area contributed by atoms with Crippen molar-refractivity contribution in [1.82, 2.24) is 29.9 Å². The molecule has 2 heterocycles. The highest BCUT2D eigenvalue weighted by atomic mass is 15.0. The largest absolute Gasteiger partial charge is 0.208 e. The van der Waals surface area contributed by atoms with Gasteiger partial charge >= 0.3 is 0 Å². The highest BCUT2D eigenvalue weighted by Crippen LogP contribution is 2.66. The maximum Gasteiger partial charge on any atom is 0.164 e. The first kappa shape index (κ1) is 68.4. The van der Waals surface area contributed by atoms with E-state index in [1.165, 1.54) is 106 Å². The third kappa shape index (κ3) is 10.6. The van der Waals surface area contributed by atoms with E-state index in [1.807, 2.05) is 42.5 Å². The van der Waals surface area contributed by atoms with Gasteiger partial charge in [-0.1, -0.05) is 385 Å². The molecule has 0 atom stereocenters. The molecular formula is C110H76N6. The zero-order chi connectivity index (χ0) is 77.3. The summed E-state index contributed by atoms with van der Waals surface area (Å²) >= 11 is 0. The first-order valence-electron chi connectivity index (χ1n) is 40.2. The van der Waals surface area contributed by atoms with Gasteiger partial charge in [-0.05, 0) is 176 Å². The minimum Gasteiger partial charge on any atom is -0.208 e. The minimum absolute atomic E-state index is 0.180. The van der Waals surface area contributed by atoms with Crippen LogP contribution >= 0.6 is 0 Å². The molecule has 0 saturated carbocycles. The lowest BCUT2D eigenvalue weighted by Crippen LogP contribution is -2.43. The van der Waals surface area contributed by atoms with Crippen LogP contribution in [0.3, 0.4) is 0 Å². The van der Waals surface area contributed by atoms with Gasteiger partial charge in [0, 0.05) is 44.2 Å². The summed E-state index contributed by atoms with van der Waals surface area (Å²) in [6.45, 7) is 7.23. The molecule has 18 aromatic rings. The standard InChI is InChI=1S/C110H76N6/c1-107(2)90-53-19-23-57-94(90)110(95-58-24-20-54-91(95)107)88-51-17-15-48-84(88)85-63-62-77(68-99(85)110)75-40-28-39-74(65-75)76-41-29-44-80(66-76)105-115-103(73-37-11-6-12-38-73)112-104(116-105)79-43-27-32-70(64-79)69-108(3)92-55-21-25-59-96(92)109(97-60-26-22-56-93(97)108)89-52-18-16-49-87(89)100-86(50-31-61-98(100)109)83-47-14-13-46-82(83)78-42-30-45-81(67-78)106-113-101(71-33-7-4-8-34-71)111-102(114-106)72-35-9-5-10-36-72/h4-68H,69H2,1-3H3. The Morgan fingerprint density at radius 3 is 0.991 bits per heavy atom. The molecule has 0 saturated heterocycles. The molecule has 4 aliphatic carbocycles. The number of hydrogen-bond donors (Lipinski definition) is 0.